The van der Waals surface area contributed by atoms with Crippen LogP contribution in [0.3, 0.4) is 0 Å². The molecule has 1 aromatic heterocycles. The van der Waals surface area contributed by atoms with Gasteiger partial charge in [0.2, 0.25) is 17.7 Å². The lowest BCUT2D eigenvalue weighted by atomic mass is 9.99. The molecule has 7 rings (SSSR count). The average molecular weight is 698 g/mol. The Hall–Kier alpha value is -5.54. The number of ketones is 1. The fourth-order valence-electron chi connectivity index (χ4n) is 7.54. The second-order valence-corrected chi connectivity index (χ2v) is 13.5. The molecular formula is C43H47N5O4. The molecule has 3 heterocycles. The average Bonchev–Trinajstić information content (AvgIpc) is 3.93. The van der Waals surface area contributed by atoms with Crippen LogP contribution in [0, 0.1) is 0 Å². The van der Waals surface area contributed by atoms with Gasteiger partial charge in [0.25, 0.3) is 0 Å². The van der Waals surface area contributed by atoms with Crippen molar-refractivity contribution in [3.05, 3.63) is 126 Å². The van der Waals surface area contributed by atoms with Gasteiger partial charge in [-0.3, -0.25) is 19.2 Å². The number of likely N-dealkylation sites (N-methyl/N-ethyl adjacent to an activating group) is 1. The number of rotatable bonds is 11. The summed E-state index contributed by atoms with van der Waals surface area (Å²) >= 11 is 0. The number of nitrogens with zero attached hydrogens (tertiary/aromatic N) is 2. The van der Waals surface area contributed by atoms with Crippen LogP contribution in [0.4, 0.5) is 5.69 Å². The lowest BCUT2D eigenvalue weighted by molar-refractivity contribution is -0.139. The summed E-state index contributed by atoms with van der Waals surface area (Å²) < 4.78 is 0. The van der Waals surface area contributed by atoms with Crippen molar-refractivity contribution in [2.24, 2.45) is 0 Å². The Kier molecular flexibility index (Phi) is 11.3. The Bertz CT molecular complexity index is 2030. The number of likely N-dealkylation sites (tertiary alicyclic amines) is 2. The molecule has 5 aromatic rings. The Morgan fingerprint density at radius 1 is 0.750 bits per heavy atom. The molecule has 3 atom stereocenters. The van der Waals surface area contributed by atoms with Gasteiger partial charge in [0, 0.05) is 41.8 Å². The molecule has 2 aliphatic heterocycles. The summed E-state index contributed by atoms with van der Waals surface area (Å²) in [5.41, 5.74) is 6.25. The second-order valence-electron chi connectivity index (χ2n) is 13.5. The monoisotopic (exact) mass is 697 g/mol. The fourth-order valence-corrected chi connectivity index (χ4v) is 7.54. The zero-order chi connectivity index (χ0) is 35.3. The summed E-state index contributed by atoms with van der Waals surface area (Å²) in [6.45, 7) is 1.17. The van der Waals surface area contributed by atoms with Gasteiger partial charge in [0.1, 0.15) is 12.1 Å². The number of carbonyl (C=O) groups is 4. The van der Waals surface area contributed by atoms with Crippen molar-refractivity contribution < 1.29 is 19.2 Å². The summed E-state index contributed by atoms with van der Waals surface area (Å²) in [6, 6.07) is 33.6. The minimum Gasteiger partial charge on any atom is -0.355 e. The maximum atomic E-state index is 13.6. The smallest absolute Gasteiger partial charge is 0.247 e. The summed E-state index contributed by atoms with van der Waals surface area (Å²) in [5.74, 6) is -0.210. The Morgan fingerprint density at radius 2 is 1.42 bits per heavy atom. The first-order chi connectivity index (χ1) is 24.9. The number of amides is 3. The number of hydrogen-bond acceptors (Lipinski definition) is 5. The fraction of sp³-hybridized carbons (Fsp3) is 0.302. The minimum atomic E-state index is -0.488. The lowest BCUT2D eigenvalue weighted by Gasteiger charge is -2.28. The van der Waals surface area contributed by atoms with Crippen molar-refractivity contribution in [2.75, 3.05) is 25.5 Å². The highest BCUT2D eigenvalue weighted by Crippen LogP contribution is 2.29. The van der Waals surface area contributed by atoms with Crippen LogP contribution in [0.25, 0.3) is 22.2 Å². The number of Topliss-reactive ketones (excluding diaryl/α,β-unsaturated/α-hetero) is 1. The van der Waals surface area contributed by atoms with E-state index in [2.05, 4.69) is 21.7 Å². The number of hydrogen-bond donors (Lipinski definition) is 3. The molecule has 2 saturated heterocycles. The van der Waals surface area contributed by atoms with Crippen LogP contribution in [0.2, 0.25) is 0 Å². The molecule has 268 valence electrons. The van der Waals surface area contributed by atoms with Gasteiger partial charge < -0.3 is 25.4 Å². The van der Waals surface area contributed by atoms with E-state index in [4.69, 9.17) is 0 Å². The summed E-state index contributed by atoms with van der Waals surface area (Å²) in [4.78, 5) is 60.3. The van der Waals surface area contributed by atoms with E-state index >= 15 is 0 Å². The van der Waals surface area contributed by atoms with Crippen LogP contribution >= 0.6 is 0 Å². The predicted octanol–water partition coefficient (Wildman–Crippen LogP) is 6.71. The van der Waals surface area contributed by atoms with Crippen molar-refractivity contribution in [2.45, 2.75) is 64.1 Å². The second kappa shape index (κ2) is 16.2. The molecular weight excluding hydrogens is 651 g/mol. The van der Waals surface area contributed by atoms with Crippen molar-refractivity contribution in [1.29, 1.82) is 0 Å². The van der Waals surface area contributed by atoms with Gasteiger partial charge in [-0.1, -0.05) is 86.3 Å². The maximum absolute atomic E-state index is 13.6. The van der Waals surface area contributed by atoms with Gasteiger partial charge in [-0.15, -0.1) is 0 Å². The number of aromatic nitrogens is 1. The molecule has 3 N–H and O–H groups in total. The molecule has 2 fully saturated rings. The lowest BCUT2D eigenvalue weighted by Crippen LogP contribution is -2.46. The number of aromatic amines is 1. The van der Waals surface area contributed by atoms with Crippen LogP contribution in [-0.4, -0.2) is 70.5 Å². The highest BCUT2D eigenvalue weighted by Gasteiger charge is 2.37. The normalized spacial score (nSPS) is 17.5. The Morgan fingerprint density at radius 3 is 2.13 bits per heavy atom. The SMILES string of the molecule is C.CN[C@@H](C(=O)N1CCC[C@H]1C(=O)Cc1ccc2[nH]c(-c3ccc(NC(=O)[C@@H]4CCCN4C(=O)Cc4ccccc4)cc3)cc2c1)c1ccccc1. The number of H-pyrrole nitrogens is 1. The van der Waals surface area contributed by atoms with Gasteiger partial charge in [-0.05, 0) is 85.3 Å². The van der Waals surface area contributed by atoms with E-state index in [1.54, 1.807) is 16.8 Å². The largest absolute Gasteiger partial charge is 0.355 e. The summed E-state index contributed by atoms with van der Waals surface area (Å²) in [7, 11) is 1.78. The molecule has 4 aromatic carbocycles. The van der Waals surface area contributed by atoms with E-state index in [0.29, 0.717) is 31.6 Å². The van der Waals surface area contributed by atoms with E-state index in [9.17, 15) is 19.2 Å². The highest BCUT2D eigenvalue weighted by atomic mass is 16.2. The van der Waals surface area contributed by atoms with Gasteiger partial charge >= 0.3 is 0 Å². The van der Waals surface area contributed by atoms with E-state index in [0.717, 1.165) is 51.7 Å². The third-order valence-corrected chi connectivity index (χ3v) is 10.2. The number of benzene rings is 4. The number of anilines is 1. The van der Waals surface area contributed by atoms with Gasteiger partial charge in [0.15, 0.2) is 5.78 Å². The van der Waals surface area contributed by atoms with Gasteiger partial charge in [0.05, 0.1) is 12.5 Å². The van der Waals surface area contributed by atoms with E-state index in [1.165, 1.54) is 0 Å². The molecule has 0 radical (unpaired) electrons. The molecule has 3 amide bonds. The standard InChI is InChI=1S/C42H43N5O4.CH4/c1-43-40(31-12-6-3-7-13-31)42(51)47-23-8-14-36(47)38(48)25-29-16-21-34-32(24-29)27-35(45-34)30-17-19-33(20-18-30)44-41(50)37-15-9-22-46(37)39(49)26-28-10-4-2-5-11-28;/h2-7,10-13,16-21,24,27,36-37,40,43,45H,8-9,14-15,22-23,25-26H2,1H3,(H,44,50);1H4/t36-,37-,40+;/m0./s1. The molecule has 0 spiro atoms. The third-order valence-electron chi connectivity index (χ3n) is 10.2. The molecule has 9 nitrogen and oxygen atoms in total. The molecule has 0 aliphatic carbocycles. The van der Waals surface area contributed by atoms with Crippen molar-refractivity contribution in [3.8, 4) is 11.3 Å². The zero-order valence-corrected chi connectivity index (χ0v) is 28.8. The quantitative estimate of drug-likeness (QED) is 0.142. The van der Waals surface area contributed by atoms with E-state index in [1.807, 2.05) is 103 Å². The van der Waals surface area contributed by atoms with E-state index < -0.39 is 18.1 Å². The van der Waals surface area contributed by atoms with Gasteiger partial charge in [-0.25, -0.2) is 0 Å². The highest BCUT2D eigenvalue weighted by molar-refractivity contribution is 5.98. The summed E-state index contributed by atoms with van der Waals surface area (Å²) in [5, 5.41) is 7.14. The molecule has 0 saturated carbocycles. The van der Waals surface area contributed by atoms with Crippen LogP contribution in [0.1, 0.15) is 55.8 Å². The number of carbonyl (C=O) groups excluding carboxylic acids is 4. The predicted molar refractivity (Wildman–Crippen MR) is 206 cm³/mol. The number of fused-ring (bicyclic) bond motifs is 1. The Balaban J connectivity index is 0.00000464. The number of nitrogens with one attached hydrogen (secondary N) is 3. The topological polar surface area (TPSA) is 115 Å². The first-order valence-electron chi connectivity index (χ1n) is 17.8. The molecule has 0 bridgehead atoms. The third kappa shape index (κ3) is 7.85. The molecule has 9 heteroatoms. The maximum Gasteiger partial charge on any atom is 0.247 e. The first kappa shape index (κ1) is 36.3. The summed E-state index contributed by atoms with van der Waals surface area (Å²) in [6.07, 6.45) is 3.48. The first-order valence-corrected chi connectivity index (χ1v) is 17.8. The molecule has 52 heavy (non-hydrogen) atoms. The van der Waals surface area contributed by atoms with Crippen LogP contribution in [-0.2, 0) is 32.0 Å². The van der Waals surface area contributed by atoms with Crippen molar-refractivity contribution >= 4 is 40.1 Å². The Labute approximate surface area is 305 Å². The van der Waals surface area contributed by atoms with E-state index in [-0.39, 0.29) is 43.8 Å². The molecule has 0 unspecified atom stereocenters. The van der Waals surface area contributed by atoms with Gasteiger partial charge in [-0.2, -0.15) is 0 Å². The van der Waals surface area contributed by atoms with Crippen molar-refractivity contribution in [1.82, 2.24) is 20.1 Å². The van der Waals surface area contributed by atoms with Crippen LogP contribution in [0.5, 0.6) is 0 Å². The van der Waals surface area contributed by atoms with Crippen LogP contribution < -0.4 is 10.6 Å². The molecule has 2 aliphatic rings. The van der Waals surface area contributed by atoms with Crippen LogP contribution in [0.15, 0.2) is 109 Å². The minimum absolute atomic E-state index is 0. The van der Waals surface area contributed by atoms with Crippen molar-refractivity contribution in [3.63, 3.8) is 0 Å². The zero-order valence-electron chi connectivity index (χ0n) is 28.8.